The summed E-state index contributed by atoms with van der Waals surface area (Å²) >= 11 is 5.66. The summed E-state index contributed by atoms with van der Waals surface area (Å²) < 4.78 is 12.9. The Morgan fingerprint density at radius 1 is 1.65 bits per heavy atom. The Morgan fingerprint density at radius 3 is 2.88 bits per heavy atom. The zero-order valence-electron chi connectivity index (χ0n) is 9.45. The van der Waals surface area contributed by atoms with E-state index in [2.05, 4.69) is 10.5 Å². The van der Waals surface area contributed by atoms with E-state index in [0.717, 1.165) is 5.56 Å². The SMILES string of the molecule is CCC(NCc1ccc(F)c(Cl)c1)C(N)=NO. The maximum absolute atomic E-state index is 12.9. The van der Waals surface area contributed by atoms with Crippen LogP contribution >= 0.6 is 11.6 Å². The second-order valence-corrected chi connectivity index (χ2v) is 4.02. The van der Waals surface area contributed by atoms with Crippen molar-refractivity contribution in [2.45, 2.75) is 25.9 Å². The molecule has 4 nitrogen and oxygen atoms in total. The van der Waals surface area contributed by atoms with Crippen molar-refractivity contribution in [3.63, 3.8) is 0 Å². The molecule has 0 aliphatic heterocycles. The number of hydrogen-bond donors (Lipinski definition) is 3. The summed E-state index contributed by atoms with van der Waals surface area (Å²) in [5.74, 6) is -0.320. The van der Waals surface area contributed by atoms with Crippen LogP contribution in [-0.2, 0) is 6.54 Å². The number of hydrogen-bond acceptors (Lipinski definition) is 3. The first-order chi connectivity index (χ1) is 8.08. The average molecular weight is 260 g/mol. The molecule has 1 unspecified atom stereocenters. The first kappa shape index (κ1) is 13.7. The quantitative estimate of drug-likeness (QED) is 0.328. The third-order valence-corrected chi connectivity index (χ3v) is 2.71. The van der Waals surface area contributed by atoms with E-state index in [0.29, 0.717) is 13.0 Å². The fourth-order valence-corrected chi connectivity index (χ4v) is 1.62. The van der Waals surface area contributed by atoms with E-state index in [9.17, 15) is 4.39 Å². The molecule has 1 rings (SSSR count). The minimum atomic E-state index is -0.445. The van der Waals surface area contributed by atoms with E-state index >= 15 is 0 Å². The van der Waals surface area contributed by atoms with Gasteiger partial charge in [0.05, 0.1) is 11.1 Å². The monoisotopic (exact) mass is 259 g/mol. The van der Waals surface area contributed by atoms with E-state index in [-0.39, 0.29) is 16.9 Å². The normalized spacial score (nSPS) is 13.7. The molecule has 94 valence electrons. The van der Waals surface area contributed by atoms with Gasteiger partial charge in [0.15, 0.2) is 5.84 Å². The van der Waals surface area contributed by atoms with Gasteiger partial charge in [-0.25, -0.2) is 4.39 Å². The van der Waals surface area contributed by atoms with Crippen molar-refractivity contribution in [2.24, 2.45) is 10.9 Å². The topological polar surface area (TPSA) is 70.6 Å². The van der Waals surface area contributed by atoms with Crippen LogP contribution in [0.25, 0.3) is 0 Å². The molecule has 0 bridgehead atoms. The molecule has 4 N–H and O–H groups in total. The lowest BCUT2D eigenvalue weighted by Gasteiger charge is -2.15. The van der Waals surface area contributed by atoms with Crippen LogP contribution < -0.4 is 11.1 Å². The summed E-state index contributed by atoms with van der Waals surface area (Å²) in [6.45, 7) is 2.38. The van der Waals surface area contributed by atoms with Crippen LogP contribution in [0, 0.1) is 5.82 Å². The van der Waals surface area contributed by atoms with Crippen molar-refractivity contribution in [3.05, 3.63) is 34.6 Å². The molecule has 17 heavy (non-hydrogen) atoms. The van der Waals surface area contributed by atoms with E-state index in [1.54, 1.807) is 12.1 Å². The molecule has 0 spiro atoms. The van der Waals surface area contributed by atoms with Gasteiger partial charge >= 0.3 is 0 Å². The second-order valence-electron chi connectivity index (χ2n) is 3.62. The molecule has 0 fully saturated rings. The molecule has 0 amide bonds. The van der Waals surface area contributed by atoms with E-state index in [4.69, 9.17) is 22.5 Å². The van der Waals surface area contributed by atoms with Gasteiger partial charge in [0, 0.05) is 6.54 Å². The maximum Gasteiger partial charge on any atom is 0.156 e. The second kappa shape index (κ2) is 6.42. The number of nitrogens with one attached hydrogen (secondary N) is 1. The van der Waals surface area contributed by atoms with Gasteiger partial charge in [-0.3, -0.25) is 0 Å². The summed E-state index contributed by atoms with van der Waals surface area (Å²) in [4.78, 5) is 0. The molecule has 1 aromatic carbocycles. The van der Waals surface area contributed by atoms with Crippen molar-refractivity contribution in [2.75, 3.05) is 0 Å². The molecular weight excluding hydrogens is 245 g/mol. The van der Waals surface area contributed by atoms with Gasteiger partial charge in [0.25, 0.3) is 0 Å². The third-order valence-electron chi connectivity index (χ3n) is 2.42. The summed E-state index contributed by atoms with van der Waals surface area (Å²) in [5, 5.41) is 14.7. The Labute approximate surface area is 104 Å². The zero-order valence-corrected chi connectivity index (χ0v) is 10.2. The van der Waals surface area contributed by atoms with E-state index in [1.807, 2.05) is 6.92 Å². The number of nitrogens with two attached hydrogens (primary N) is 1. The van der Waals surface area contributed by atoms with Crippen LogP contribution in [0.15, 0.2) is 23.4 Å². The number of rotatable bonds is 5. The maximum atomic E-state index is 12.9. The summed E-state index contributed by atoms with van der Waals surface area (Å²) in [5.41, 5.74) is 6.33. The van der Waals surface area contributed by atoms with Crippen LogP contribution in [0.5, 0.6) is 0 Å². The summed E-state index contributed by atoms with van der Waals surface area (Å²) in [7, 11) is 0. The fraction of sp³-hybridized carbons (Fsp3) is 0.364. The number of benzene rings is 1. The van der Waals surface area contributed by atoms with Gasteiger partial charge < -0.3 is 16.3 Å². The van der Waals surface area contributed by atoms with Crippen LogP contribution in [0.2, 0.25) is 5.02 Å². The lowest BCUT2D eigenvalue weighted by Crippen LogP contribution is -2.40. The molecule has 0 aliphatic carbocycles. The number of oxime groups is 1. The number of halogens is 2. The van der Waals surface area contributed by atoms with Crippen LogP contribution in [-0.4, -0.2) is 17.1 Å². The first-order valence-electron chi connectivity index (χ1n) is 5.23. The average Bonchev–Trinajstić information content (AvgIpc) is 2.33. The van der Waals surface area contributed by atoms with Gasteiger partial charge in [-0.2, -0.15) is 0 Å². The molecular formula is C11H15ClFN3O. The standard InChI is InChI=1S/C11H15ClFN3O/c1-2-10(11(14)16-17)15-6-7-3-4-9(13)8(12)5-7/h3-5,10,15,17H,2,6H2,1H3,(H2,14,16). The molecule has 0 aliphatic rings. The number of nitrogens with zero attached hydrogens (tertiary/aromatic N) is 1. The zero-order chi connectivity index (χ0) is 12.8. The van der Waals surface area contributed by atoms with Crippen molar-refractivity contribution >= 4 is 17.4 Å². The van der Waals surface area contributed by atoms with Crippen LogP contribution in [0.1, 0.15) is 18.9 Å². The highest BCUT2D eigenvalue weighted by Crippen LogP contribution is 2.15. The molecule has 1 aromatic rings. The molecule has 0 saturated carbocycles. The van der Waals surface area contributed by atoms with Gasteiger partial charge in [-0.15, -0.1) is 0 Å². The van der Waals surface area contributed by atoms with E-state index < -0.39 is 5.82 Å². The van der Waals surface area contributed by atoms with E-state index in [1.165, 1.54) is 6.07 Å². The van der Waals surface area contributed by atoms with Crippen LogP contribution in [0.3, 0.4) is 0 Å². The Hall–Kier alpha value is -1.33. The van der Waals surface area contributed by atoms with Crippen molar-refractivity contribution in [3.8, 4) is 0 Å². The minimum Gasteiger partial charge on any atom is -0.409 e. The Morgan fingerprint density at radius 2 is 2.35 bits per heavy atom. The molecule has 1 atom stereocenters. The highest BCUT2D eigenvalue weighted by molar-refractivity contribution is 6.30. The van der Waals surface area contributed by atoms with Crippen molar-refractivity contribution < 1.29 is 9.60 Å². The predicted octanol–water partition coefficient (Wildman–Crippen LogP) is 2.09. The smallest absolute Gasteiger partial charge is 0.156 e. The molecule has 0 saturated heterocycles. The Bertz CT molecular complexity index is 412. The van der Waals surface area contributed by atoms with Crippen molar-refractivity contribution in [1.29, 1.82) is 0 Å². The molecule has 6 heteroatoms. The third kappa shape index (κ3) is 3.87. The van der Waals surface area contributed by atoms with Gasteiger partial charge in [-0.05, 0) is 24.1 Å². The lowest BCUT2D eigenvalue weighted by atomic mass is 10.1. The lowest BCUT2D eigenvalue weighted by molar-refractivity contribution is 0.314. The Kier molecular flexibility index (Phi) is 5.18. The van der Waals surface area contributed by atoms with Crippen molar-refractivity contribution in [1.82, 2.24) is 5.32 Å². The predicted molar refractivity (Wildman–Crippen MR) is 65.7 cm³/mol. The summed E-state index contributed by atoms with van der Waals surface area (Å²) in [6.07, 6.45) is 0.685. The highest BCUT2D eigenvalue weighted by atomic mass is 35.5. The largest absolute Gasteiger partial charge is 0.409 e. The highest BCUT2D eigenvalue weighted by Gasteiger charge is 2.11. The fourth-order valence-electron chi connectivity index (χ4n) is 1.42. The minimum absolute atomic E-state index is 0.0844. The number of amidine groups is 1. The van der Waals surface area contributed by atoms with Gasteiger partial charge in [0.1, 0.15) is 5.82 Å². The molecule has 0 aromatic heterocycles. The van der Waals surface area contributed by atoms with Crippen LogP contribution in [0.4, 0.5) is 4.39 Å². The van der Waals surface area contributed by atoms with Gasteiger partial charge in [-0.1, -0.05) is 29.7 Å². The van der Waals surface area contributed by atoms with Gasteiger partial charge in [0.2, 0.25) is 0 Å². The molecule has 0 heterocycles. The summed E-state index contributed by atoms with van der Waals surface area (Å²) in [6, 6.07) is 4.27. The Balaban J connectivity index is 2.63. The first-order valence-corrected chi connectivity index (χ1v) is 5.61. The molecule has 0 radical (unpaired) electrons.